The summed E-state index contributed by atoms with van der Waals surface area (Å²) in [5, 5.41) is 0. The SMILES string of the molecule is CC(C)N1CCc2c(nc([C@H]3CCCCN3C(=O)Cc3ccc(N(C)C)cc3)[nH]c2=O)C1. The normalized spacial score (nSPS) is 19.2. The smallest absolute Gasteiger partial charge is 0.254 e. The van der Waals surface area contributed by atoms with Crippen LogP contribution in [0.25, 0.3) is 0 Å². The van der Waals surface area contributed by atoms with Crippen LogP contribution in [0.1, 0.15) is 61.8 Å². The van der Waals surface area contributed by atoms with Crippen molar-refractivity contribution in [3.05, 3.63) is 57.3 Å². The molecule has 1 atom stereocenters. The Morgan fingerprint density at radius 3 is 2.62 bits per heavy atom. The Balaban J connectivity index is 1.56. The van der Waals surface area contributed by atoms with Gasteiger partial charge in [0.25, 0.3) is 5.56 Å². The fourth-order valence-corrected chi connectivity index (χ4v) is 4.78. The lowest BCUT2D eigenvalue weighted by molar-refractivity contribution is -0.134. The molecule has 7 heteroatoms. The number of nitrogens with one attached hydrogen (secondary N) is 1. The first kappa shape index (κ1) is 22.5. The number of H-pyrrole nitrogens is 1. The molecule has 2 aliphatic heterocycles. The third-order valence-electron chi connectivity index (χ3n) is 6.80. The van der Waals surface area contributed by atoms with Crippen molar-refractivity contribution in [1.29, 1.82) is 0 Å². The molecular weight excluding hydrogens is 402 g/mol. The Hall–Kier alpha value is -2.67. The number of aromatic nitrogens is 2. The highest BCUT2D eigenvalue weighted by Crippen LogP contribution is 2.30. The molecule has 0 bridgehead atoms. The Kier molecular flexibility index (Phi) is 6.65. The molecule has 1 aromatic carbocycles. The van der Waals surface area contributed by atoms with Crippen LogP contribution in [-0.4, -0.2) is 58.9 Å². The maximum absolute atomic E-state index is 13.3. The molecule has 1 saturated heterocycles. The molecule has 0 aliphatic carbocycles. The molecule has 0 radical (unpaired) electrons. The van der Waals surface area contributed by atoms with E-state index in [0.29, 0.717) is 31.4 Å². The minimum atomic E-state index is -0.162. The number of piperidine rings is 1. The van der Waals surface area contributed by atoms with Crippen molar-refractivity contribution < 1.29 is 4.79 Å². The van der Waals surface area contributed by atoms with Gasteiger partial charge in [0, 0.05) is 51.0 Å². The van der Waals surface area contributed by atoms with Crippen molar-refractivity contribution in [2.45, 2.75) is 64.6 Å². The van der Waals surface area contributed by atoms with Crippen LogP contribution in [0.5, 0.6) is 0 Å². The summed E-state index contributed by atoms with van der Waals surface area (Å²) >= 11 is 0. The Morgan fingerprint density at radius 1 is 1.19 bits per heavy atom. The second-order valence-corrected chi connectivity index (χ2v) is 9.53. The quantitative estimate of drug-likeness (QED) is 0.779. The minimum Gasteiger partial charge on any atom is -0.378 e. The Bertz CT molecular complexity index is 1010. The molecule has 0 spiro atoms. The van der Waals surface area contributed by atoms with Crippen molar-refractivity contribution in [2.24, 2.45) is 0 Å². The molecule has 1 fully saturated rings. The predicted octanol–water partition coefficient (Wildman–Crippen LogP) is 2.90. The number of amides is 1. The second-order valence-electron chi connectivity index (χ2n) is 9.53. The van der Waals surface area contributed by atoms with Crippen molar-refractivity contribution in [3.63, 3.8) is 0 Å². The van der Waals surface area contributed by atoms with E-state index in [1.54, 1.807) is 0 Å². The van der Waals surface area contributed by atoms with Crippen LogP contribution in [0.15, 0.2) is 29.1 Å². The lowest BCUT2D eigenvalue weighted by atomic mass is 9.99. The third-order valence-corrected chi connectivity index (χ3v) is 6.80. The van der Waals surface area contributed by atoms with Gasteiger partial charge in [-0.3, -0.25) is 14.5 Å². The molecular formula is C25H35N5O2. The van der Waals surface area contributed by atoms with E-state index in [0.717, 1.165) is 54.7 Å². The highest BCUT2D eigenvalue weighted by atomic mass is 16.2. The molecule has 172 valence electrons. The highest BCUT2D eigenvalue weighted by molar-refractivity contribution is 5.79. The van der Waals surface area contributed by atoms with E-state index < -0.39 is 0 Å². The average molecular weight is 438 g/mol. The van der Waals surface area contributed by atoms with Crippen LogP contribution in [0, 0.1) is 0 Å². The van der Waals surface area contributed by atoms with Crippen LogP contribution in [0.3, 0.4) is 0 Å². The van der Waals surface area contributed by atoms with Gasteiger partial charge in [-0.15, -0.1) is 0 Å². The molecule has 7 nitrogen and oxygen atoms in total. The summed E-state index contributed by atoms with van der Waals surface area (Å²) in [6.45, 7) is 6.63. The summed E-state index contributed by atoms with van der Waals surface area (Å²) in [4.78, 5) is 40.4. The number of fused-ring (bicyclic) bond motifs is 1. The van der Waals surface area contributed by atoms with E-state index in [1.165, 1.54) is 0 Å². The third kappa shape index (κ3) is 4.72. The number of aromatic amines is 1. The van der Waals surface area contributed by atoms with Crippen molar-refractivity contribution in [2.75, 3.05) is 32.1 Å². The number of anilines is 1. The highest BCUT2D eigenvalue weighted by Gasteiger charge is 2.31. The molecule has 1 aromatic heterocycles. The van der Waals surface area contributed by atoms with Crippen LogP contribution in [0.4, 0.5) is 5.69 Å². The van der Waals surface area contributed by atoms with E-state index in [9.17, 15) is 9.59 Å². The van der Waals surface area contributed by atoms with Gasteiger partial charge in [0.1, 0.15) is 5.82 Å². The molecule has 3 heterocycles. The lowest BCUT2D eigenvalue weighted by Gasteiger charge is -2.36. The maximum Gasteiger partial charge on any atom is 0.254 e. The molecule has 32 heavy (non-hydrogen) atoms. The molecule has 2 aromatic rings. The minimum absolute atomic E-state index is 0.0364. The molecule has 1 amide bonds. The van der Waals surface area contributed by atoms with Gasteiger partial charge < -0.3 is 14.8 Å². The molecule has 0 saturated carbocycles. The summed E-state index contributed by atoms with van der Waals surface area (Å²) in [6.07, 6.45) is 3.94. The van der Waals surface area contributed by atoms with Gasteiger partial charge in [0.05, 0.1) is 18.2 Å². The average Bonchev–Trinajstić information content (AvgIpc) is 2.79. The number of hydrogen-bond donors (Lipinski definition) is 1. The fourth-order valence-electron chi connectivity index (χ4n) is 4.78. The van der Waals surface area contributed by atoms with E-state index in [4.69, 9.17) is 4.98 Å². The fraction of sp³-hybridized carbons (Fsp3) is 0.560. The number of carbonyl (C=O) groups excluding carboxylic acids is 1. The largest absolute Gasteiger partial charge is 0.378 e. The standard InChI is InChI=1S/C25H35N5O2/c1-17(2)29-14-12-20-21(16-29)26-24(27-25(20)32)22-7-5-6-13-30(22)23(31)15-18-8-10-19(11-9-18)28(3)4/h8-11,17,22H,5-7,12-16H2,1-4H3,(H,26,27,32)/t22-/m1/s1. The second kappa shape index (κ2) is 9.45. The van der Waals surface area contributed by atoms with Gasteiger partial charge in [-0.2, -0.15) is 0 Å². The molecule has 4 rings (SSSR count). The number of hydrogen-bond acceptors (Lipinski definition) is 5. The Morgan fingerprint density at radius 2 is 1.94 bits per heavy atom. The number of likely N-dealkylation sites (tertiary alicyclic amines) is 1. The van der Waals surface area contributed by atoms with Crippen molar-refractivity contribution in [1.82, 2.24) is 19.8 Å². The number of rotatable bonds is 5. The first-order chi connectivity index (χ1) is 15.3. The van der Waals surface area contributed by atoms with Gasteiger partial charge in [0.15, 0.2) is 0 Å². The maximum atomic E-state index is 13.3. The lowest BCUT2D eigenvalue weighted by Crippen LogP contribution is -2.43. The predicted molar refractivity (Wildman–Crippen MR) is 127 cm³/mol. The van der Waals surface area contributed by atoms with Gasteiger partial charge >= 0.3 is 0 Å². The van der Waals surface area contributed by atoms with E-state index >= 15 is 0 Å². The summed E-state index contributed by atoms with van der Waals surface area (Å²) < 4.78 is 0. The first-order valence-electron chi connectivity index (χ1n) is 11.7. The summed E-state index contributed by atoms with van der Waals surface area (Å²) in [5.74, 6) is 0.742. The van der Waals surface area contributed by atoms with Crippen molar-refractivity contribution in [3.8, 4) is 0 Å². The van der Waals surface area contributed by atoms with E-state index in [-0.39, 0.29) is 17.5 Å². The van der Waals surface area contributed by atoms with Gasteiger partial charge in [-0.05, 0) is 57.2 Å². The summed E-state index contributed by atoms with van der Waals surface area (Å²) in [5.41, 5.74) is 3.76. The van der Waals surface area contributed by atoms with E-state index in [1.807, 2.05) is 48.2 Å². The Labute approximate surface area is 190 Å². The monoisotopic (exact) mass is 437 g/mol. The van der Waals surface area contributed by atoms with E-state index in [2.05, 4.69) is 23.7 Å². The van der Waals surface area contributed by atoms with Gasteiger partial charge in [0.2, 0.25) is 5.91 Å². The van der Waals surface area contributed by atoms with Crippen LogP contribution in [0.2, 0.25) is 0 Å². The molecule has 0 unspecified atom stereocenters. The van der Waals surface area contributed by atoms with Gasteiger partial charge in [-0.1, -0.05) is 12.1 Å². The number of carbonyl (C=O) groups is 1. The zero-order valence-electron chi connectivity index (χ0n) is 19.7. The summed E-state index contributed by atoms with van der Waals surface area (Å²) in [7, 11) is 4.01. The first-order valence-corrected chi connectivity index (χ1v) is 11.7. The van der Waals surface area contributed by atoms with Crippen LogP contribution in [-0.2, 0) is 24.2 Å². The zero-order chi connectivity index (χ0) is 22.8. The summed E-state index contributed by atoms with van der Waals surface area (Å²) in [6, 6.07) is 8.37. The zero-order valence-corrected chi connectivity index (χ0v) is 19.7. The van der Waals surface area contributed by atoms with Crippen LogP contribution < -0.4 is 10.5 Å². The molecule has 1 N–H and O–H groups in total. The topological polar surface area (TPSA) is 72.5 Å². The van der Waals surface area contributed by atoms with Gasteiger partial charge in [-0.25, -0.2) is 4.98 Å². The van der Waals surface area contributed by atoms with Crippen molar-refractivity contribution >= 4 is 11.6 Å². The molecule has 2 aliphatic rings. The van der Waals surface area contributed by atoms with Crippen LogP contribution >= 0.6 is 0 Å². The number of benzene rings is 1. The number of nitrogens with zero attached hydrogens (tertiary/aromatic N) is 4.